The molecule has 29 heavy (non-hydrogen) atoms. The molecule has 0 unspecified atom stereocenters. The van der Waals surface area contributed by atoms with Crippen LogP contribution >= 0.6 is 0 Å². The predicted molar refractivity (Wildman–Crippen MR) is 105 cm³/mol. The van der Waals surface area contributed by atoms with E-state index in [9.17, 15) is 24.8 Å². The summed E-state index contributed by atoms with van der Waals surface area (Å²) in [4.78, 5) is 37.6. The summed E-state index contributed by atoms with van der Waals surface area (Å²) in [5, 5.41) is 26.0. The van der Waals surface area contributed by atoms with Crippen LogP contribution in [0.3, 0.4) is 0 Å². The number of rotatable bonds is 4. The molecular formula is C19H21N5O5. The molecule has 1 saturated carbocycles. The molecule has 2 aliphatic rings. The van der Waals surface area contributed by atoms with Crippen LogP contribution in [0.4, 0.5) is 5.69 Å². The van der Waals surface area contributed by atoms with Crippen molar-refractivity contribution < 1.29 is 10.0 Å². The molecule has 4 rings (SSSR count). The maximum atomic E-state index is 12.4. The maximum Gasteiger partial charge on any atom is 0.331 e. The Hall–Kier alpha value is -3.43. The summed E-state index contributed by atoms with van der Waals surface area (Å²) in [6, 6.07) is 5.63. The molecule has 0 amide bonds. The van der Waals surface area contributed by atoms with E-state index in [1.165, 1.54) is 16.7 Å². The number of aromatic amines is 1. The van der Waals surface area contributed by atoms with Gasteiger partial charge in [0.05, 0.1) is 16.7 Å². The van der Waals surface area contributed by atoms with Crippen molar-refractivity contribution in [1.29, 1.82) is 0 Å². The average Bonchev–Trinajstić information content (AvgIpc) is 3.18. The third kappa shape index (κ3) is 3.53. The van der Waals surface area contributed by atoms with E-state index in [1.807, 2.05) is 0 Å². The highest BCUT2D eigenvalue weighted by atomic mass is 16.6. The van der Waals surface area contributed by atoms with Crippen molar-refractivity contribution in [2.24, 2.45) is 5.10 Å². The zero-order chi connectivity index (χ0) is 20.5. The third-order valence-corrected chi connectivity index (χ3v) is 5.58. The fourth-order valence-corrected chi connectivity index (χ4v) is 4.12. The van der Waals surface area contributed by atoms with Crippen molar-refractivity contribution >= 4 is 11.4 Å². The van der Waals surface area contributed by atoms with Gasteiger partial charge in [-0.1, -0.05) is 31.4 Å². The standard InChI is InChI=1S/C19H21N5O5/c25-17-16(18(26)23(19(27)20-17)12-6-2-1-3-7-12)15-10-14(21-22-15)11-5-4-8-13(9-11)24(28)29/h4-5,8-9,12,14,21,26H,1-3,6-7,10H2,(H,20,25,27)/t14-/m0/s1. The number of nitrogens with one attached hydrogen (secondary N) is 2. The van der Waals surface area contributed by atoms with Gasteiger partial charge in [0.1, 0.15) is 5.56 Å². The quantitative estimate of drug-likeness (QED) is 0.531. The summed E-state index contributed by atoms with van der Waals surface area (Å²) >= 11 is 0. The number of hydrogen-bond acceptors (Lipinski definition) is 7. The van der Waals surface area contributed by atoms with E-state index in [0.717, 1.165) is 32.1 Å². The number of aromatic hydroxyl groups is 1. The molecule has 152 valence electrons. The van der Waals surface area contributed by atoms with Gasteiger partial charge < -0.3 is 10.5 Å². The molecule has 1 atom stereocenters. The number of hydrazone groups is 1. The van der Waals surface area contributed by atoms with Gasteiger partial charge in [-0.15, -0.1) is 0 Å². The van der Waals surface area contributed by atoms with E-state index in [1.54, 1.807) is 12.1 Å². The Morgan fingerprint density at radius 3 is 2.69 bits per heavy atom. The molecule has 0 radical (unpaired) electrons. The van der Waals surface area contributed by atoms with Crippen molar-refractivity contribution in [3.63, 3.8) is 0 Å². The van der Waals surface area contributed by atoms with Crippen LogP contribution in [0.1, 0.15) is 61.7 Å². The summed E-state index contributed by atoms with van der Waals surface area (Å²) in [7, 11) is 0. The van der Waals surface area contributed by atoms with Crippen LogP contribution in [0.2, 0.25) is 0 Å². The Kier molecular flexibility index (Phi) is 4.91. The largest absolute Gasteiger partial charge is 0.494 e. The van der Waals surface area contributed by atoms with Gasteiger partial charge in [-0.25, -0.2) is 4.79 Å². The molecule has 1 aliphatic carbocycles. The van der Waals surface area contributed by atoms with E-state index < -0.39 is 16.2 Å². The maximum absolute atomic E-state index is 12.4. The molecule has 10 heteroatoms. The van der Waals surface area contributed by atoms with Gasteiger partial charge in [-0.2, -0.15) is 5.10 Å². The first-order valence-electron chi connectivity index (χ1n) is 9.60. The summed E-state index contributed by atoms with van der Waals surface area (Å²) in [5.41, 5.74) is 2.44. The molecule has 0 saturated heterocycles. The lowest BCUT2D eigenvalue weighted by Gasteiger charge is -2.25. The fourth-order valence-electron chi connectivity index (χ4n) is 4.12. The molecule has 1 aromatic heterocycles. The second-order valence-corrected chi connectivity index (χ2v) is 7.42. The molecular weight excluding hydrogens is 378 g/mol. The van der Waals surface area contributed by atoms with Crippen molar-refractivity contribution in [3.05, 3.63) is 66.3 Å². The van der Waals surface area contributed by atoms with Gasteiger partial charge in [0, 0.05) is 24.6 Å². The smallest absolute Gasteiger partial charge is 0.331 e. The van der Waals surface area contributed by atoms with Gasteiger partial charge in [0.2, 0.25) is 5.88 Å². The Labute approximate surface area is 165 Å². The van der Waals surface area contributed by atoms with E-state index in [2.05, 4.69) is 15.5 Å². The van der Waals surface area contributed by atoms with Crippen LogP contribution < -0.4 is 16.7 Å². The Morgan fingerprint density at radius 2 is 1.97 bits per heavy atom. The number of nitrogens with zero attached hydrogens (tertiary/aromatic N) is 3. The molecule has 0 spiro atoms. The number of benzene rings is 1. The van der Waals surface area contributed by atoms with Crippen LogP contribution in [0.15, 0.2) is 39.0 Å². The van der Waals surface area contributed by atoms with Crippen molar-refractivity contribution in [3.8, 4) is 5.88 Å². The minimum Gasteiger partial charge on any atom is -0.494 e. The van der Waals surface area contributed by atoms with E-state index in [0.29, 0.717) is 11.3 Å². The summed E-state index contributed by atoms with van der Waals surface area (Å²) in [6.07, 6.45) is 4.79. The van der Waals surface area contributed by atoms with Crippen LogP contribution in [-0.2, 0) is 0 Å². The van der Waals surface area contributed by atoms with Crippen LogP contribution in [0, 0.1) is 10.1 Å². The highest BCUT2D eigenvalue weighted by Crippen LogP contribution is 2.32. The molecule has 3 N–H and O–H groups in total. The number of H-pyrrole nitrogens is 1. The summed E-state index contributed by atoms with van der Waals surface area (Å²) in [6.45, 7) is 0. The van der Waals surface area contributed by atoms with E-state index in [-0.39, 0.29) is 35.6 Å². The average molecular weight is 399 g/mol. The van der Waals surface area contributed by atoms with Crippen molar-refractivity contribution in [2.45, 2.75) is 50.6 Å². The minimum absolute atomic E-state index is 0.0318. The van der Waals surface area contributed by atoms with E-state index >= 15 is 0 Å². The summed E-state index contributed by atoms with van der Waals surface area (Å²) in [5.74, 6) is -0.370. The van der Waals surface area contributed by atoms with Gasteiger partial charge in [0.25, 0.3) is 11.2 Å². The van der Waals surface area contributed by atoms with Gasteiger partial charge in [-0.3, -0.25) is 24.5 Å². The monoisotopic (exact) mass is 399 g/mol. The Morgan fingerprint density at radius 1 is 1.21 bits per heavy atom. The number of hydrogen-bond donors (Lipinski definition) is 3. The fraction of sp³-hybridized carbons (Fsp3) is 0.421. The lowest BCUT2D eigenvalue weighted by molar-refractivity contribution is -0.384. The van der Waals surface area contributed by atoms with Crippen LogP contribution in [-0.4, -0.2) is 25.3 Å². The first-order valence-corrected chi connectivity index (χ1v) is 9.60. The lowest BCUT2D eigenvalue weighted by Crippen LogP contribution is -2.36. The van der Waals surface area contributed by atoms with Crippen molar-refractivity contribution in [2.75, 3.05) is 0 Å². The normalized spacial score (nSPS) is 19.6. The number of aromatic nitrogens is 2. The molecule has 2 heterocycles. The number of non-ortho nitro benzene ring substituents is 1. The first kappa shape index (κ1) is 18.9. The zero-order valence-electron chi connectivity index (χ0n) is 15.6. The predicted octanol–water partition coefficient (Wildman–Crippen LogP) is 2.09. The van der Waals surface area contributed by atoms with E-state index in [4.69, 9.17) is 0 Å². The Balaban J connectivity index is 1.66. The molecule has 2 aromatic rings. The first-order chi connectivity index (χ1) is 14.0. The third-order valence-electron chi connectivity index (χ3n) is 5.58. The highest BCUT2D eigenvalue weighted by molar-refractivity contribution is 6.03. The number of nitro benzene ring substituents is 1. The van der Waals surface area contributed by atoms with Crippen LogP contribution in [0.25, 0.3) is 0 Å². The lowest BCUT2D eigenvalue weighted by atomic mass is 9.95. The van der Waals surface area contributed by atoms with Gasteiger partial charge in [-0.05, 0) is 18.4 Å². The van der Waals surface area contributed by atoms with Gasteiger partial charge >= 0.3 is 5.69 Å². The molecule has 0 bridgehead atoms. The molecule has 1 aliphatic heterocycles. The number of nitro groups is 1. The van der Waals surface area contributed by atoms with Crippen LogP contribution in [0.5, 0.6) is 5.88 Å². The minimum atomic E-state index is -0.695. The molecule has 10 nitrogen and oxygen atoms in total. The molecule has 1 fully saturated rings. The van der Waals surface area contributed by atoms with Gasteiger partial charge in [0.15, 0.2) is 0 Å². The Bertz CT molecular complexity index is 1100. The summed E-state index contributed by atoms with van der Waals surface area (Å²) < 4.78 is 1.26. The zero-order valence-corrected chi connectivity index (χ0v) is 15.6. The molecule has 1 aromatic carbocycles. The SMILES string of the molecule is O=c1[nH]c(=O)n(C2CCCCC2)c(O)c1C1=NN[C@H](c2cccc([N+](=O)[O-])c2)C1. The second-order valence-electron chi connectivity index (χ2n) is 7.42. The van der Waals surface area contributed by atoms with Crippen molar-refractivity contribution in [1.82, 2.24) is 15.0 Å². The highest BCUT2D eigenvalue weighted by Gasteiger charge is 2.30. The topological polar surface area (TPSA) is 143 Å². The second kappa shape index (κ2) is 7.53.